The number of rotatable bonds is 5. The molecular weight excluding hydrogens is 360 g/mol. The molecule has 0 saturated carbocycles. The molecule has 0 aliphatic carbocycles. The molecule has 0 fully saturated rings. The molecule has 0 saturated heterocycles. The van der Waals surface area contributed by atoms with Gasteiger partial charge in [0.15, 0.2) is 0 Å². The van der Waals surface area contributed by atoms with Gasteiger partial charge < -0.3 is 4.74 Å². The van der Waals surface area contributed by atoms with Crippen LogP contribution in [0.4, 0.5) is 4.79 Å². The van der Waals surface area contributed by atoms with Crippen molar-refractivity contribution in [3.05, 3.63) is 70.7 Å². The Kier molecular flexibility index (Phi) is 6.95. The summed E-state index contributed by atoms with van der Waals surface area (Å²) in [6.45, 7) is 0. The van der Waals surface area contributed by atoms with Crippen LogP contribution in [0.1, 0.15) is 22.0 Å². The summed E-state index contributed by atoms with van der Waals surface area (Å²) in [6.07, 6.45) is -0.773. The van der Waals surface area contributed by atoms with Crippen LogP contribution in [0.15, 0.2) is 54.6 Å². The highest BCUT2D eigenvalue weighted by molar-refractivity contribution is 6.30. The Morgan fingerprint density at radius 1 is 0.923 bits per heavy atom. The summed E-state index contributed by atoms with van der Waals surface area (Å²) in [7, 11) is 1.19. The molecule has 0 aromatic heterocycles. The minimum absolute atomic E-state index is 0.386. The lowest BCUT2D eigenvalue weighted by Gasteiger charge is -2.19. The number of nitrogens with one attached hydrogen (secondary N) is 4. The van der Waals surface area contributed by atoms with Gasteiger partial charge in [0.25, 0.3) is 11.8 Å². The van der Waals surface area contributed by atoms with Crippen molar-refractivity contribution >= 4 is 29.5 Å². The molecule has 3 amide bonds. The van der Waals surface area contributed by atoms with E-state index in [2.05, 4.69) is 26.4 Å². The van der Waals surface area contributed by atoms with Crippen LogP contribution in [0.25, 0.3) is 0 Å². The van der Waals surface area contributed by atoms with E-state index < -0.39 is 23.9 Å². The summed E-state index contributed by atoms with van der Waals surface area (Å²) in [4.78, 5) is 35.7. The van der Waals surface area contributed by atoms with Gasteiger partial charge in [-0.15, -0.1) is 0 Å². The molecule has 1 atom stereocenters. The van der Waals surface area contributed by atoms with Crippen molar-refractivity contribution in [2.45, 2.75) is 6.04 Å². The lowest BCUT2D eigenvalue weighted by atomic mass is 10.1. The first-order valence-electron chi connectivity index (χ1n) is 7.51. The smallest absolute Gasteiger partial charge is 0.421 e. The van der Waals surface area contributed by atoms with E-state index >= 15 is 0 Å². The maximum atomic E-state index is 12.5. The van der Waals surface area contributed by atoms with Gasteiger partial charge in [0, 0.05) is 10.6 Å². The molecule has 136 valence electrons. The second-order valence-electron chi connectivity index (χ2n) is 5.05. The van der Waals surface area contributed by atoms with Gasteiger partial charge in [0.05, 0.1) is 7.11 Å². The number of carbonyl (C=O) groups excluding carboxylic acids is 3. The van der Waals surface area contributed by atoms with E-state index in [4.69, 9.17) is 11.6 Å². The fourth-order valence-electron chi connectivity index (χ4n) is 1.99. The lowest BCUT2D eigenvalue weighted by Crippen LogP contribution is -2.50. The molecule has 8 nitrogen and oxygen atoms in total. The summed E-state index contributed by atoms with van der Waals surface area (Å²) in [5.74, 6) is -1.08. The normalized spacial score (nSPS) is 11.2. The first kappa shape index (κ1) is 19.2. The fourth-order valence-corrected chi connectivity index (χ4v) is 2.12. The second-order valence-corrected chi connectivity index (χ2v) is 5.49. The predicted octanol–water partition coefficient (Wildman–Crippen LogP) is 1.70. The van der Waals surface area contributed by atoms with E-state index in [9.17, 15) is 14.4 Å². The van der Waals surface area contributed by atoms with Gasteiger partial charge in [-0.25, -0.2) is 10.2 Å². The fraction of sp³-hybridized carbons (Fsp3) is 0.118. The van der Waals surface area contributed by atoms with E-state index in [1.54, 1.807) is 54.6 Å². The molecular formula is C17H17ClN4O4. The summed E-state index contributed by atoms with van der Waals surface area (Å²) >= 11 is 5.85. The Bertz CT molecular complexity index is 768. The van der Waals surface area contributed by atoms with Crippen LogP contribution in [0.3, 0.4) is 0 Å². The minimum Gasteiger partial charge on any atom is -0.452 e. The Balaban J connectivity index is 2.05. The minimum atomic E-state index is -0.998. The summed E-state index contributed by atoms with van der Waals surface area (Å²) in [5.41, 5.74) is 10.3. The van der Waals surface area contributed by atoms with Crippen molar-refractivity contribution in [1.29, 1.82) is 0 Å². The predicted molar refractivity (Wildman–Crippen MR) is 94.9 cm³/mol. The number of hydrogen-bond donors (Lipinski definition) is 4. The van der Waals surface area contributed by atoms with Crippen molar-refractivity contribution in [2.75, 3.05) is 7.11 Å². The maximum Gasteiger partial charge on any atom is 0.421 e. The van der Waals surface area contributed by atoms with Gasteiger partial charge in [-0.1, -0.05) is 41.9 Å². The topological polar surface area (TPSA) is 109 Å². The quantitative estimate of drug-likeness (QED) is 0.594. The molecule has 0 aliphatic rings. The number of hydrazine groups is 2. The average molecular weight is 377 g/mol. The van der Waals surface area contributed by atoms with Gasteiger partial charge >= 0.3 is 6.09 Å². The van der Waals surface area contributed by atoms with E-state index in [-0.39, 0.29) is 0 Å². The largest absolute Gasteiger partial charge is 0.452 e. The molecule has 2 aromatic carbocycles. The highest BCUT2D eigenvalue weighted by atomic mass is 35.5. The number of hydrogen-bond acceptors (Lipinski definition) is 5. The molecule has 26 heavy (non-hydrogen) atoms. The van der Waals surface area contributed by atoms with Gasteiger partial charge in [-0.2, -0.15) is 0 Å². The first-order valence-corrected chi connectivity index (χ1v) is 7.89. The molecule has 4 N–H and O–H groups in total. The zero-order valence-corrected chi connectivity index (χ0v) is 14.5. The number of amides is 3. The Labute approximate surface area is 154 Å². The lowest BCUT2D eigenvalue weighted by molar-refractivity contribution is -0.124. The van der Waals surface area contributed by atoms with Crippen molar-refractivity contribution in [3.63, 3.8) is 0 Å². The highest BCUT2D eigenvalue weighted by Gasteiger charge is 2.22. The van der Waals surface area contributed by atoms with Crippen LogP contribution in [0, 0.1) is 0 Å². The molecule has 1 unspecified atom stereocenters. The first-order chi connectivity index (χ1) is 12.5. The van der Waals surface area contributed by atoms with E-state index in [0.29, 0.717) is 16.1 Å². The third-order valence-corrected chi connectivity index (χ3v) is 3.56. The number of carbonyl (C=O) groups is 3. The van der Waals surface area contributed by atoms with Crippen LogP contribution in [-0.2, 0) is 9.53 Å². The zero-order chi connectivity index (χ0) is 18.9. The third-order valence-electron chi connectivity index (χ3n) is 3.30. The number of methoxy groups -OCH3 is 1. The SMILES string of the molecule is COC(=O)NNC(C(=O)NNC(=O)c1ccccc1)c1ccc(Cl)cc1. The molecule has 0 heterocycles. The maximum absolute atomic E-state index is 12.5. The Morgan fingerprint density at radius 3 is 2.19 bits per heavy atom. The van der Waals surface area contributed by atoms with Crippen LogP contribution in [0.5, 0.6) is 0 Å². The number of benzene rings is 2. The molecule has 0 radical (unpaired) electrons. The second kappa shape index (κ2) is 9.40. The van der Waals surface area contributed by atoms with Crippen molar-refractivity contribution in [2.24, 2.45) is 0 Å². The highest BCUT2D eigenvalue weighted by Crippen LogP contribution is 2.16. The zero-order valence-electron chi connectivity index (χ0n) is 13.8. The van der Waals surface area contributed by atoms with Crippen molar-refractivity contribution in [1.82, 2.24) is 21.7 Å². The van der Waals surface area contributed by atoms with Gasteiger partial charge in [0.2, 0.25) is 0 Å². The summed E-state index contributed by atoms with van der Waals surface area (Å²) in [6, 6.07) is 13.8. The standard InChI is InChI=1S/C17H17ClN4O4/c1-26-17(25)22-19-14(11-7-9-13(18)10-8-11)16(24)21-20-15(23)12-5-3-2-4-6-12/h2-10,14,19H,1H3,(H,20,23)(H,21,24)(H,22,25). The van der Waals surface area contributed by atoms with E-state index in [0.717, 1.165) is 0 Å². The molecule has 9 heteroatoms. The summed E-state index contributed by atoms with van der Waals surface area (Å²) in [5, 5.41) is 0.492. The molecule has 0 bridgehead atoms. The Morgan fingerprint density at radius 2 is 1.58 bits per heavy atom. The molecule has 0 spiro atoms. The number of ether oxygens (including phenoxy) is 1. The van der Waals surface area contributed by atoms with Crippen molar-refractivity contribution in [3.8, 4) is 0 Å². The van der Waals surface area contributed by atoms with Crippen molar-refractivity contribution < 1.29 is 19.1 Å². The van der Waals surface area contributed by atoms with Crippen LogP contribution < -0.4 is 21.7 Å². The van der Waals surface area contributed by atoms with E-state index in [1.165, 1.54) is 7.11 Å². The average Bonchev–Trinajstić information content (AvgIpc) is 2.68. The van der Waals surface area contributed by atoms with Gasteiger partial charge in [-0.3, -0.25) is 25.9 Å². The number of halogens is 1. The third kappa shape index (κ3) is 5.47. The Hall–Kier alpha value is -3.10. The molecule has 2 rings (SSSR count). The monoisotopic (exact) mass is 376 g/mol. The molecule has 2 aromatic rings. The van der Waals surface area contributed by atoms with Crippen LogP contribution in [-0.4, -0.2) is 25.0 Å². The summed E-state index contributed by atoms with van der Waals surface area (Å²) < 4.78 is 4.46. The van der Waals surface area contributed by atoms with Gasteiger partial charge in [-0.05, 0) is 29.8 Å². The van der Waals surface area contributed by atoms with Crippen LogP contribution >= 0.6 is 11.6 Å². The molecule has 0 aliphatic heterocycles. The van der Waals surface area contributed by atoms with Crippen LogP contribution in [0.2, 0.25) is 5.02 Å². The van der Waals surface area contributed by atoms with Gasteiger partial charge in [0.1, 0.15) is 6.04 Å². The van der Waals surface area contributed by atoms with E-state index in [1.807, 2.05) is 0 Å².